The first-order chi connectivity index (χ1) is 8.27. The number of rotatable bonds is 7. The molecule has 0 aliphatic heterocycles. The highest BCUT2D eigenvalue weighted by Crippen LogP contribution is 2.08. The van der Waals surface area contributed by atoms with Gasteiger partial charge in [0.1, 0.15) is 6.04 Å². The molecule has 0 saturated carbocycles. The number of nitrogens with one attached hydrogen (secondary N) is 1. The molecule has 1 unspecified atom stereocenters. The molecule has 0 aromatic carbocycles. The van der Waals surface area contributed by atoms with Crippen LogP contribution in [0.5, 0.6) is 0 Å². The lowest BCUT2D eigenvalue weighted by molar-refractivity contribution is -0.145. The van der Waals surface area contributed by atoms with Gasteiger partial charge in [-0.25, -0.2) is 4.79 Å². The summed E-state index contributed by atoms with van der Waals surface area (Å²) in [5.41, 5.74) is 0. The van der Waals surface area contributed by atoms with Gasteiger partial charge in [-0.05, 0) is 12.3 Å². The van der Waals surface area contributed by atoms with Gasteiger partial charge in [-0.3, -0.25) is 9.59 Å². The summed E-state index contributed by atoms with van der Waals surface area (Å²) < 4.78 is 4.45. The maximum atomic E-state index is 11.7. The number of carboxylic acids is 1. The highest BCUT2D eigenvalue weighted by Gasteiger charge is 2.25. The Kier molecular flexibility index (Phi) is 7.00. The minimum absolute atomic E-state index is 0.0592. The first kappa shape index (κ1) is 16.4. The van der Waals surface area contributed by atoms with E-state index < -0.39 is 29.8 Å². The monoisotopic (exact) mass is 259 g/mol. The molecule has 0 bridgehead atoms. The third-order valence-electron chi connectivity index (χ3n) is 2.47. The van der Waals surface area contributed by atoms with Crippen LogP contribution in [0, 0.1) is 11.8 Å². The SMILES string of the molecule is COC(=O)CC(C)C(=O)N[C@@H](CC(C)C)C(=O)O. The molecule has 0 heterocycles. The third-order valence-corrected chi connectivity index (χ3v) is 2.47. The Balaban J connectivity index is 4.41. The van der Waals surface area contributed by atoms with E-state index in [0.717, 1.165) is 0 Å². The van der Waals surface area contributed by atoms with E-state index in [-0.39, 0.29) is 12.3 Å². The zero-order chi connectivity index (χ0) is 14.3. The maximum absolute atomic E-state index is 11.7. The lowest BCUT2D eigenvalue weighted by Gasteiger charge is -2.18. The standard InChI is InChI=1S/C12H21NO5/c1-7(2)5-9(12(16)17)13-11(15)8(3)6-10(14)18-4/h7-9H,5-6H2,1-4H3,(H,13,15)(H,16,17)/t8?,9-/m0/s1. The number of carbonyl (C=O) groups excluding carboxylic acids is 2. The number of hydrogen-bond acceptors (Lipinski definition) is 4. The molecular weight excluding hydrogens is 238 g/mol. The zero-order valence-electron chi connectivity index (χ0n) is 11.2. The topological polar surface area (TPSA) is 92.7 Å². The molecule has 0 radical (unpaired) electrons. The van der Waals surface area contributed by atoms with Crippen molar-refractivity contribution in [1.29, 1.82) is 0 Å². The van der Waals surface area contributed by atoms with Gasteiger partial charge in [-0.15, -0.1) is 0 Å². The van der Waals surface area contributed by atoms with E-state index in [1.165, 1.54) is 7.11 Å². The summed E-state index contributed by atoms with van der Waals surface area (Å²) in [4.78, 5) is 33.7. The molecule has 2 atom stereocenters. The van der Waals surface area contributed by atoms with Crippen LogP contribution in [0.2, 0.25) is 0 Å². The molecule has 0 aliphatic carbocycles. The number of amides is 1. The molecule has 0 aromatic heterocycles. The fourth-order valence-corrected chi connectivity index (χ4v) is 1.43. The first-order valence-corrected chi connectivity index (χ1v) is 5.87. The Hall–Kier alpha value is -1.59. The van der Waals surface area contributed by atoms with Crippen LogP contribution in [0.15, 0.2) is 0 Å². The van der Waals surface area contributed by atoms with E-state index in [0.29, 0.717) is 6.42 Å². The van der Waals surface area contributed by atoms with E-state index in [1.807, 2.05) is 13.8 Å². The Morgan fingerprint density at radius 2 is 1.78 bits per heavy atom. The second-order valence-corrected chi connectivity index (χ2v) is 4.71. The van der Waals surface area contributed by atoms with Gasteiger partial charge < -0.3 is 15.2 Å². The van der Waals surface area contributed by atoms with Crippen molar-refractivity contribution < 1.29 is 24.2 Å². The second kappa shape index (κ2) is 7.68. The molecule has 6 heteroatoms. The third kappa shape index (κ3) is 6.22. The Bertz CT molecular complexity index is 314. The number of aliphatic carboxylic acids is 1. The molecule has 18 heavy (non-hydrogen) atoms. The largest absolute Gasteiger partial charge is 0.480 e. The van der Waals surface area contributed by atoms with Crippen LogP contribution in [-0.4, -0.2) is 36.1 Å². The van der Waals surface area contributed by atoms with E-state index >= 15 is 0 Å². The lowest BCUT2D eigenvalue weighted by Crippen LogP contribution is -2.44. The molecule has 2 N–H and O–H groups in total. The van der Waals surface area contributed by atoms with Gasteiger partial charge in [-0.1, -0.05) is 20.8 Å². The van der Waals surface area contributed by atoms with Crippen LogP contribution in [0.4, 0.5) is 0 Å². The van der Waals surface area contributed by atoms with Crippen molar-refractivity contribution in [1.82, 2.24) is 5.32 Å². The molecule has 6 nitrogen and oxygen atoms in total. The van der Waals surface area contributed by atoms with Crippen molar-refractivity contribution in [2.45, 2.75) is 39.7 Å². The van der Waals surface area contributed by atoms with Gasteiger partial charge in [0.2, 0.25) is 5.91 Å². The highest BCUT2D eigenvalue weighted by molar-refractivity contribution is 5.87. The predicted molar refractivity (Wildman–Crippen MR) is 64.8 cm³/mol. The van der Waals surface area contributed by atoms with Crippen molar-refractivity contribution in [3.8, 4) is 0 Å². The Morgan fingerprint density at radius 1 is 1.22 bits per heavy atom. The van der Waals surface area contributed by atoms with E-state index in [2.05, 4.69) is 10.1 Å². The van der Waals surface area contributed by atoms with Crippen LogP contribution >= 0.6 is 0 Å². The van der Waals surface area contributed by atoms with Crippen LogP contribution in [-0.2, 0) is 19.1 Å². The fraction of sp³-hybridized carbons (Fsp3) is 0.750. The molecule has 0 rings (SSSR count). The highest BCUT2D eigenvalue weighted by atomic mass is 16.5. The number of hydrogen-bond donors (Lipinski definition) is 2. The summed E-state index contributed by atoms with van der Waals surface area (Å²) >= 11 is 0. The van der Waals surface area contributed by atoms with Crippen LogP contribution in [0.3, 0.4) is 0 Å². The number of carbonyl (C=O) groups is 3. The summed E-state index contributed by atoms with van der Waals surface area (Å²) in [6.07, 6.45) is 0.294. The Morgan fingerprint density at radius 3 is 2.17 bits per heavy atom. The Labute approximate surface area is 107 Å². The number of carboxylic acid groups (broad SMARTS) is 1. The zero-order valence-corrected chi connectivity index (χ0v) is 11.2. The van der Waals surface area contributed by atoms with Gasteiger partial charge in [0, 0.05) is 5.92 Å². The van der Waals surface area contributed by atoms with Crippen LogP contribution < -0.4 is 5.32 Å². The van der Waals surface area contributed by atoms with E-state index in [1.54, 1.807) is 6.92 Å². The summed E-state index contributed by atoms with van der Waals surface area (Å²) in [5, 5.41) is 11.4. The summed E-state index contributed by atoms with van der Waals surface area (Å²) in [6, 6.07) is -0.919. The summed E-state index contributed by atoms with van der Waals surface area (Å²) in [5.74, 6) is -2.46. The molecule has 0 aromatic rings. The molecule has 0 fully saturated rings. The molecular formula is C12H21NO5. The first-order valence-electron chi connectivity index (χ1n) is 5.87. The minimum Gasteiger partial charge on any atom is -0.480 e. The van der Waals surface area contributed by atoms with Crippen molar-refractivity contribution in [2.75, 3.05) is 7.11 Å². The number of ether oxygens (including phenoxy) is 1. The number of methoxy groups -OCH3 is 1. The average Bonchev–Trinajstić information content (AvgIpc) is 2.26. The van der Waals surface area contributed by atoms with Crippen molar-refractivity contribution in [3.05, 3.63) is 0 Å². The van der Waals surface area contributed by atoms with Gasteiger partial charge in [0.15, 0.2) is 0 Å². The van der Waals surface area contributed by atoms with Gasteiger partial charge in [0.25, 0.3) is 0 Å². The summed E-state index contributed by atoms with van der Waals surface area (Å²) in [6.45, 7) is 5.31. The van der Waals surface area contributed by atoms with Crippen LogP contribution in [0.25, 0.3) is 0 Å². The predicted octanol–water partition coefficient (Wildman–Crippen LogP) is 0.801. The second-order valence-electron chi connectivity index (χ2n) is 4.71. The van der Waals surface area contributed by atoms with Gasteiger partial charge in [-0.2, -0.15) is 0 Å². The quantitative estimate of drug-likeness (QED) is 0.660. The van der Waals surface area contributed by atoms with Crippen molar-refractivity contribution >= 4 is 17.8 Å². The molecule has 0 spiro atoms. The summed E-state index contributed by atoms with van der Waals surface area (Å²) in [7, 11) is 1.24. The molecule has 0 saturated heterocycles. The molecule has 0 aliphatic rings. The van der Waals surface area contributed by atoms with E-state index in [9.17, 15) is 14.4 Å². The minimum atomic E-state index is -1.07. The molecule has 104 valence electrons. The van der Waals surface area contributed by atoms with Crippen LogP contribution in [0.1, 0.15) is 33.6 Å². The molecule has 1 amide bonds. The van der Waals surface area contributed by atoms with Gasteiger partial charge >= 0.3 is 11.9 Å². The average molecular weight is 259 g/mol. The fourth-order valence-electron chi connectivity index (χ4n) is 1.43. The maximum Gasteiger partial charge on any atom is 0.326 e. The van der Waals surface area contributed by atoms with E-state index in [4.69, 9.17) is 5.11 Å². The normalized spacial score (nSPS) is 13.8. The smallest absolute Gasteiger partial charge is 0.326 e. The van der Waals surface area contributed by atoms with Crippen molar-refractivity contribution in [2.24, 2.45) is 11.8 Å². The van der Waals surface area contributed by atoms with Gasteiger partial charge in [0.05, 0.1) is 13.5 Å². The number of esters is 1. The lowest BCUT2D eigenvalue weighted by atomic mass is 10.0. The van der Waals surface area contributed by atoms with Crippen molar-refractivity contribution in [3.63, 3.8) is 0 Å².